The second-order valence-electron chi connectivity index (χ2n) is 12.3. The van der Waals surface area contributed by atoms with E-state index in [9.17, 15) is 0 Å². The van der Waals surface area contributed by atoms with Crippen LogP contribution in [0.25, 0.3) is 0 Å². The summed E-state index contributed by atoms with van der Waals surface area (Å²) in [6, 6.07) is 57.6. The van der Waals surface area contributed by atoms with Crippen molar-refractivity contribution < 1.29 is 0 Å². The van der Waals surface area contributed by atoms with Gasteiger partial charge in [0.15, 0.2) is 0 Å². The largest absolute Gasteiger partial charge is 0.249 e. The highest BCUT2D eigenvalue weighted by Crippen LogP contribution is 2.37. The molecule has 0 radical (unpaired) electrons. The summed E-state index contributed by atoms with van der Waals surface area (Å²) < 4.78 is 0. The molecule has 6 aromatic rings. The number of hydrogen-bond acceptors (Lipinski definition) is 7. The Labute approximate surface area is 334 Å². The molecular formula is C48H34N4S3. The molecule has 0 heterocycles. The monoisotopic (exact) mass is 762 g/mol. The summed E-state index contributed by atoms with van der Waals surface area (Å²) in [5, 5.41) is 0. The molecule has 0 spiro atoms. The van der Waals surface area contributed by atoms with Crippen LogP contribution in [0, 0.1) is 0 Å². The Morgan fingerprint density at radius 2 is 0.564 bits per heavy atom. The Bertz CT molecular complexity index is 2320. The zero-order valence-corrected chi connectivity index (χ0v) is 32.1. The predicted molar refractivity (Wildman–Crippen MR) is 237 cm³/mol. The van der Waals surface area contributed by atoms with E-state index in [1.54, 1.807) is 35.3 Å². The molecule has 0 amide bonds. The molecule has 0 bridgehead atoms. The average molecular weight is 763 g/mol. The van der Waals surface area contributed by atoms with Gasteiger partial charge in [-0.05, 0) is 134 Å². The lowest BCUT2D eigenvalue weighted by Crippen LogP contribution is -2.06. The topological polar surface area (TPSA) is 49.4 Å². The number of hydrogen-bond donors (Lipinski definition) is 0. The molecule has 6 aromatic carbocycles. The fourth-order valence-electron chi connectivity index (χ4n) is 5.62. The van der Waals surface area contributed by atoms with Gasteiger partial charge in [-0.25, -0.2) is 20.0 Å². The van der Waals surface area contributed by atoms with Crippen LogP contribution in [0.15, 0.2) is 256 Å². The van der Waals surface area contributed by atoms with E-state index in [0.29, 0.717) is 0 Å². The van der Waals surface area contributed by atoms with Crippen molar-refractivity contribution in [3.8, 4) is 0 Å². The second kappa shape index (κ2) is 17.9. The second-order valence-corrected chi connectivity index (χ2v) is 15.7. The van der Waals surface area contributed by atoms with E-state index in [1.165, 1.54) is 9.79 Å². The molecule has 8 rings (SSSR count). The number of aliphatic imine (C=N–C) groups is 4. The van der Waals surface area contributed by atoms with Crippen LogP contribution in [-0.4, -0.2) is 22.8 Å². The molecule has 264 valence electrons. The fraction of sp³-hybridized carbons (Fsp3) is 0. The molecule has 0 aliphatic heterocycles. The Morgan fingerprint density at radius 1 is 0.273 bits per heavy atom. The molecule has 4 nitrogen and oxygen atoms in total. The third-order valence-corrected chi connectivity index (χ3v) is 11.4. The van der Waals surface area contributed by atoms with Crippen molar-refractivity contribution in [1.29, 1.82) is 0 Å². The third kappa shape index (κ3) is 10.2. The van der Waals surface area contributed by atoms with Crippen LogP contribution in [0.3, 0.4) is 0 Å². The van der Waals surface area contributed by atoms with Crippen molar-refractivity contribution >= 4 is 80.9 Å². The highest BCUT2D eigenvalue weighted by molar-refractivity contribution is 8.04. The maximum Gasteiger partial charge on any atom is 0.0777 e. The zero-order chi connectivity index (χ0) is 37.1. The van der Waals surface area contributed by atoms with Crippen molar-refractivity contribution in [3.05, 3.63) is 216 Å². The standard InChI is InChI=1S/C48H34N4S3/c1-5-13-35(14-6-1)49-39-21-31-45(51-37-17-9-3-10-18-37)47(33-39)54-43-27-23-41(24-28-43)53-42-25-29-44(30-26-42)55-48-34-40(50-36-15-7-2-8-16-36)22-32-46(48)52-38-19-11-4-12-20-38/h1-34H. The van der Waals surface area contributed by atoms with E-state index < -0.39 is 0 Å². The Balaban J connectivity index is 0.968. The first-order valence-corrected chi connectivity index (χ1v) is 20.2. The maximum absolute atomic E-state index is 4.96. The number of rotatable bonds is 10. The average Bonchev–Trinajstić information content (AvgIpc) is 3.23. The molecule has 0 atom stereocenters. The Morgan fingerprint density at radius 3 is 0.891 bits per heavy atom. The van der Waals surface area contributed by atoms with Gasteiger partial charge < -0.3 is 0 Å². The number of thioether (sulfide) groups is 2. The molecule has 2 aliphatic rings. The molecule has 0 aromatic heterocycles. The molecule has 2 aliphatic carbocycles. The molecule has 0 saturated carbocycles. The van der Waals surface area contributed by atoms with Gasteiger partial charge in [0.2, 0.25) is 0 Å². The van der Waals surface area contributed by atoms with Gasteiger partial charge in [0, 0.05) is 29.4 Å². The Hall–Kier alpha value is -5.99. The summed E-state index contributed by atoms with van der Waals surface area (Å²) in [7, 11) is 0. The number of allylic oxidation sites excluding steroid dienone is 8. The maximum atomic E-state index is 4.96. The van der Waals surface area contributed by atoms with Crippen molar-refractivity contribution in [2.24, 2.45) is 20.0 Å². The lowest BCUT2D eigenvalue weighted by atomic mass is 10.1. The summed E-state index contributed by atoms with van der Waals surface area (Å²) >= 11 is 5.15. The van der Waals surface area contributed by atoms with Crippen LogP contribution in [-0.2, 0) is 0 Å². The van der Waals surface area contributed by atoms with Gasteiger partial charge in [-0.1, -0.05) is 108 Å². The summed E-state index contributed by atoms with van der Waals surface area (Å²) in [6.07, 6.45) is 12.4. The summed E-state index contributed by atoms with van der Waals surface area (Å²) in [6.45, 7) is 0. The van der Waals surface area contributed by atoms with Gasteiger partial charge in [0.25, 0.3) is 0 Å². The molecule has 0 saturated heterocycles. The first kappa shape index (κ1) is 36.0. The van der Waals surface area contributed by atoms with Crippen LogP contribution in [0.1, 0.15) is 0 Å². The van der Waals surface area contributed by atoms with Gasteiger partial charge in [0.1, 0.15) is 0 Å². The van der Waals surface area contributed by atoms with Crippen LogP contribution < -0.4 is 0 Å². The van der Waals surface area contributed by atoms with Gasteiger partial charge in [0.05, 0.1) is 45.6 Å². The predicted octanol–water partition coefficient (Wildman–Crippen LogP) is 14.0. The highest BCUT2D eigenvalue weighted by atomic mass is 32.2. The smallest absolute Gasteiger partial charge is 0.0777 e. The molecule has 55 heavy (non-hydrogen) atoms. The first-order chi connectivity index (χ1) is 27.2. The van der Waals surface area contributed by atoms with Crippen LogP contribution >= 0.6 is 35.3 Å². The van der Waals surface area contributed by atoms with Crippen molar-refractivity contribution in [2.45, 2.75) is 19.6 Å². The van der Waals surface area contributed by atoms with Crippen molar-refractivity contribution in [2.75, 3.05) is 0 Å². The minimum atomic E-state index is 0.895. The van der Waals surface area contributed by atoms with Gasteiger partial charge >= 0.3 is 0 Å². The lowest BCUT2D eigenvalue weighted by molar-refractivity contribution is 1.32. The minimum Gasteiger partial charge on any atom is -0.249 e. The van der Waals surface area contributed by atoms with E-state index in [1.807, 2.05) is 133 Å². The zero-order valence-electron chi connectivity index (χ0n) is 29.6. The molecule has 7 heteroatoms. The molecule has 0 fully saturated rings. The van der Waals surface area contributed by atoms with Gasteiger partial charge in [-0.15, -0.1) is 0 Å². The molecule has 0 N–H and O–H groups in total. The van der Waals surface area contributed by atoms with Gasteiger partial charge in [-0.2, -0.15) is 0 Å². The quantitative estimate of drug-likeness (QED) is 0.131. The SMILES string of the molecule is C1=CC(=Nc2ccccc2)C(Sc2ccc(Sc3ccc(SC4=CC(=Nc5ccccc5)C=CC4=Nc4ccccc4)cc3)cc2)=CC1=Nc1ccccc1. The van der Waals surface area contributed by atoms with E-state index in [2.05, 4.69) is 72.8 Å². The normalized spacial score (nSPS) is 16.8. The number of para-hydroxylation sites is 4. The number of benzene rings is 6. The molecule has 0 unspecified atom stereocenters. The summed E-state index contributed by atoms with van der Waals surface area (Å²) in [5.74, 6) is 0. The van der Waals surface area contributed by atoms with Crippen LogP contribution in [0.4, 0.5) is 22.7 Å². The van der Waals surface area contributed by atoms with Crippen LogP contribution in [0.5, 0.6) is 0 Å². The first-order valence-electron chi connectivity index (χ1n) is 17.8. The van der Waals surface area contributed by atoms with Crippen LogP contribution in [0.2, 0.25) is 0 Å². The Kier molecular flexibility index (Phi) is 11.7. The van der Waals surface area contributed by atoms with E-state index in [0.717, 1.165) is 65.2 Å². The molecular weight excluding hydrogens is 729 g/mol. The fourth-order valence-corrected chi connectivity index (χ4v) is 8.29. The summed E-state index contributed by atoms with van der Waals surface area (Å²) in [4.78, 5) is 26.3. The third-order valence-electron chi connectivity index (χ3n) is 8.27. The van der Waals surface area contributed by atoms with Crippen molar-refractivity contribution in [3.63, 3.8) is 0 Å². The lowest BCUT2D eigenvalue weighted by Gasteiger charge is -2.13. The van der Waals surface area contributed by atoms with Crippen molar-refractivity contribution in [1.82, 2.24) is 0 Å². The van der Waals surface area contributed by atoms with E-state index >= 15 is 0 Å². The summed E-state index contributed by atoms with van der Waals surface area (Å²) in [5.41, 5.74) is 7.30. The minimum absolute atomic E-state index is 0.895. The van der Waals surface area contributed by atoms with Gasteiger partial charge in [-0.3, -0.25) is 0 Å². The highest BCUT2D eigenvalue weighted by Gasteiger charge is 2.15. The van der Waals surface area contributed by atoms with E-state index in [4.69, 9.17) is 20.0 Å². The van der Waals surface area contributed by atoms with E-state index in [-0.39, 0.29) is 0 Å². The number of nitrogens with zero attached hydrogens (tertiary/aromatic N) is 4.